The normalized spacial score (nSPS) is 10.9. The molecule has 0 amide bonds. The van der Waals surface area contributed by atoms with Crippen LogP contribution < -0.4 is 5.43 Å². The Morgan fingerprint density at radius 1 is 1.00 bits per heavy atom. The van der Waals surface area contributed by atoms with Gasteiger partial charge in [0.1, 0.15) is 0 Å². The lowest BCUT2D eigenvalue weighted by Crippen LogP contribution is -1.99. The van der Waals surface area contributed by atoms with E-state index in [0.717, 1.165) is 16.6 Å². The van der Waals surface area contributed by atoms with Crippen LogP contribution >= 0.6 is 0 Å². The second-order valence-corrected chi connectivity index (χ2v) is 3.58. The molecule has 0 bridgehead atoms. The highest BCUT2D eigenvalue weighted by molar-refractivity contribution is 5.95. The molecule has 0 saturated heterocycles. The Kier molecular flexibility index (Phi) is 1.62. The lowest BCUT2D eigenvalue weighted by molar-refractivity contribution is 1.34. The van der Waals surface area contributed by atoms with Crippen LogP contribution in [0.4, 0.5) is 0 Å². The zero-order valence-corrected chi connectivity index (χ0v) is 8.03. The number of benzene rings is 2. The van der Waals surface area contributed by atoms with Crippen LogP contribution in [0, 0.1) is 0 Å². The number of hydrogen-bond donors (Lipinski definition) is 1. The number of aromatic nitrogens is 1. The van der Waals surface area contributed by atoms with Crippen LogP contribution in [0.15, 0.2) is 53.5 Å². The third kappa shape index (κ3) is 1.22. The van der Waals surface area contributed by atoms with Crippen molar-refractivity contribution in [3.63, 3.8) is 0 Å². The van der Waals surface area contributed by atoms with Gasteiger partial charge in [0.25, 0.3) is 0 Å². The van der Waals surface area contributed by atoms with Crippen LogP contribution in [-0.2, 0) is 0 Å². The van der Waals surface area contributed by atoms with E-state index in [1.165, 1.54) is 5.39 Å². The van der Waals surface area contributed by atoms with E-state index in [9.17, 15) is 4.79 Å². The second-order valence-electron chi connectivity index (χ2n) is 3.58. The Bertz CT molecular complexity index is 654. The lowest BCUT2D eigenvalue weighted by Gasteiger charge is -2.08. The van der Waals surface area contributed by atoms with Gasteiger partial charge in [-0.2, -0.15) is 0 Å². The van der Waals surface area contributed by atoms with Crippen LogP contribution in [0.3, 0.4) is 0 Å². The van der Waals surface area contributed by atoms with Gasteiger partial charge in [-0.05, 0) is 22.9 Å². The smallest absolute Gasteiger partial charge is 0.180 e. The largest absolute Gasteiger partial charge is 0.360 e. The molecule has 2 aliphatic rings. The first-order chi connectivity index (χ1) is 7.34. The van der Waals surface area contributed by atoms with Gasteiger partial charge < -0.3 is 4.98 Å². The van der Waals surface area contributed by atoms with Gasteiger partial charge in [0.05, 0.1) is 0 Å². The van der Waals surface area contributed by atoms with E-state index < -0.39 is 0 Å². The molecule has 0 radical (unpaired) electrons. The molecule has 0 atom stereocenters. The molecule has 0 unspecified atom stereocenters. The van der Waals surface area contributed by atoms with Crippen molar-refractivity contribution < 1.29 is 0 Å². The second kappa shape index (κ2) is 2.95. The topological polar surface area (TPSA) is 32.9 Å². The zero-order valence-electron chi connectivity index (χ0n) is 8.03. The molecule has 15 heavy (non-hydrogen) atoms. The number of pyridine rings is 1. The molecule has 0 spiro atoms. The third-order valence-corrected chi connectivity index (χ3v) is 2.63. The molecular weight excluding hydrogens is 186 g/mol. The van der Waals surface area contributed by atoms with Crippen LogP contribution in [0.25, 0.3) is 22.0 Å². The van der Waals surface area contributed by atoms with Crippen LogP contribution in [-0.4, -0.2) is 4.98 Å². The summed E-state index contributed by atoms with van der Waals surface area (Å²) < 4.78 is 0. The van der Waals surface area contributed by atoms with Gasteiger partial charge >= 0.3 is 0 Å². The van der Waals surface area contributed by atoms with Crippen molar-refractivity contribution in [1.82, 2.24) is 4.98 Å². The summed E-state index contributed by atoms with van der Waals surface area (Å²) in [5, 5.41) is 2.33. The van der Waals surface area contributed by atoms with Crippen molar-refractivity contribution in [2.45, 2.75) is 0 Å². The SMILES string of the molecule is O=c1ccc2c3ccccc3c[nH]c-2c1. The molecule has 1 aliphatic carbocycles. The van der Waals surface area contributed by atoms with E-state index in [0.29, 0.717) is 0 Å². The molecule has 0 aromatic heterocycles. The molecule has 72 valence electrons. The Labute approximate surface area is 86.5 Å². The highest BCUT2D eigenvalue weighted by Gasteiger charge is 2.05. The standard InChI is InChI=1S/C13H9NO/c15-10-5-6-12-11-4-2-1-3-9(11)8-14-13(12)7-10/h1-8,14H. The molecule has 2 nitrogen and oxygen atoms in total. The number of rotatable bonds is 0. The van der Waals surface area contributed by atoms with E-state index in [2.05, 4.69) is 17.1 Å². The van der Waals surface area contributed by atoms with E-state index in [1.54, 1.807) is 12.1 Å². The number of fused-ring (bicyclic) bond motifs is 3. The zero-order chi connectivity index (χ0) is 10.3. The summed E-state index contributed by atoms with van der Waals surface area (Å²) in [4.78, 5) is 14.3. The summed E-state index contributed by atoms with van der Waals surface area (Å²) in [6.07, 6.45) is 1.93. The van der Waals surface area contributed by atoms with Gasteiger partial charge in [-0.3, -0.25) is 4.79 Å². The van der Waals surface area contributed by atoms with E-state index in [4.69, 9.17) is 0 Å². The van der Waals surface area contributed by atoms with Crippen molar-refractivity contribution in [3.8, 4) is 11.3 Å². The maximum atomic E-state index is 11.2. The van der Waals surface area contributed by atoms with Crippen molar-refractivity contribution >= 4 is 10.8 Å². The molecule has 1 aliphatic heterocycles. The Morgan fingerprint density at radius 2 is 1.87 bits per heavy atom. The number of H-pyrrole nitrogens is 1. The first-order valence-corrected chi connectivity index (χ1v) is 4.85. The first kappa shape index (κ1) is 8.24. The summed E-state index contributed by atoms with van der Waals surface area (Å²) in [5.41, 5.74) is 2.02. The van der Waals surface area contributed by atoms with E-state index >= 15 is 0 Å². The number of aromatic amines is 1. The molecule has 0 fully saturated rings. The van der Waals surface area contributed by atoms with Crippen molar-refractivity contribution in [2.24, 2.45) is 0 Å². The van der Waals surface area contributed by atoms with Crippen LogP contribution in [0.2, 0.25) is 0 Å². The maximum absolute atomic E-state index is 11.2. The maximum Gasteiger partial charge on any atom is 0.180 e. The Morgan fingerprint density at radius 3 is 2.80 bits per heavy atom. The monoisotopic (exact) mass is 195 g/mol. The minimum atomic E-state index is 0.0361. The third-order valence-electron chi connectivity index (χ3n) is 2.63. The molecular formula is C13H9NO. The van der Waals surface area contributed by atoms with E-state index in [1.807, 2.05) is 24.4 Å². The van der Waals surface area contributed by atoms with Gasteiger partial charge in [-0.1, -0.05) is 24.3 Å². The molecule has 1 heterocycles. The molecule has 0 saturated carbocycles. The number of hydrogen-bond acceptors (Lipinski definition) is 1. The quantitative estimate of drug-likeness (QED) is 0.549. The molecule has 2 heteroatoms. The number of nitrogens with one attached hydrogen (secondary N) is 1. The molecule has 1 aromatic carbocycles. The average molecular weight is 195 g/mol. The first-order valence-electron chi connectivity index (χ1n) is 4.85. The minimum absolute atomic E-state index is 0.0361. The summed E-state index contributed by atoms with van der Waals surface area (Å²) >= 11 is 0. The predicted molar refractivity (Wildman–Crippen MR) is 61.2 cm³/mol. The minimum Gasteiger partial charge on any atom is -0.360 e. The van der Waals surface area contributed by atoms with Crippen LogP contribution in [0.5, 0.6) is 0 Å². The fraction of sp³-hybridized carbons (Fsp3) is 0. The highest BCUT2D eigenvalue weighted by Crippen LogP contribution is 2.26. The van der Waals surface area contributed by atoms with Crippen molar-refractivity contribution in [3.05, 3.63) is 58.9 Å². The summed E-state index contributed by atoms with van der Waals surface area (Å²) in [6.45, 7) is 0. The fourth-order valence-corrected chi connectivity index (χ4v) is 1.90. The van der Waals surface area contributed by atoms with Gasteiger partial charge in [0.15, 0.2) is 5.43 Å². The Hall–Kier alpha value is -2.09. The highest BCUT2D eigenvalue weighted by atomic mass is 16.1. The van der Waals surface area contributed by atoms with Gasteiger partial charge in [0, 0.05) is 23.5 Å². The summed E-state index contributed by atoms with van der Waals surface area (Å²) in [5.74, 6) is 0. The van der Waals surface area contributed by atoms with Crippen molar-refractivity contribution in [1.29, 1.82) is 0 Å². The summed E-state index contributed by atoms with van der Waals surface area (Å²) in [6, 6.07) is 13.2. The fourth-order valence-electron chi connectivity index (χ4n) is 1.90. The van der Waals surface area contributed by atoms with E-state index in [-0.39, 0.29) is 5.43 Å². The molecule has 3 rings (SSSR count). The van der Waals surface area contributed by atoms with Gasteiger partial charge in [-0.15, -0.1) is 0 Å². The van der Waals surface area contributed by atoms with Crippen LogP contribution in [0.1, 0.15) is 0 Å². The molecule has 1 N–H and O–H groups in total. The van der Waals surface area contributed by atoms with Crippen molar-refractivity contribution in [2.75, 3.05) is 0 Å². The average Bonchev–Trinajstić information content (AvgIpc) is 2.28. The molecule has 1 aromatic rings. The Balaban J connectivity index is 2.54. The predicted octanol–water partition coefficient (Wildman–Crippen LogP) is 2.63. The lowest BCUT2D eigenvalue weighted by atomic mass is 10.0. The summed E-state index contributed by atoms with van der Waals surface area (Å²) in [7, 11) is 0. The van der Waals surface area contributed by atoms with Gasteiger partial charge in [0.2, 0.25) is 0 Å². The van der Waals surface area contributed by atoms with Gasteiger partial charge in [-0.25, -0.2) is 0 Å².